The molecule has 0 aliphatic heterocycles. The Bertz CT molecular complexity index is 948. The van der Waals surface area contributed by atoms with Gasteiger partial charge in [0.25, 0.3) is 5.91 Å². The molecule has 0 fully saturated rings. The van der Waals surface area contributed by atoms with Crippen molar-refractivity contribution >= 4 is 39.1 Å². The summed E-state index contributed by atoms with van der Waals surface area (Å²) >= 11 is 1.69. The highest BCUT2D eigenvalue weighted by atomic mass is 32.1. The lowest BCUT2D eigenvalue weighted by molar-refractivity contribution is -0.147. The number of carbonyl (C=O) groups is 2. The van der Waals surface area contributed by atoms with E-state index in [2.05, 4.69) is 30.2 Å². The third-order valence-corrected chi connectivity index (χ3v) is 5.68. The third-order valence-electron chi connectivity index (χ3n) is 4.58. The van der Waals surface area contributed by atoms with E-state index >= 15 is 0 Å². The Morgan fingerprint density at radius 3 is 2.62 bits per heavy atom. The topological polar surface area (TPSA) is 68.3 Å². The molecule has 1 heterocycles. The van der Waals surface area contributed by atoms with E-state index in [-0.39, 0.29) is 18.5 Å². The Balaban J connectivity index is 1.36. The maximum absolute atomic E-state index is 12.1. The van der Waals surface area contributed by atoms with E-state index in [1.54, 1.807) is 11.3 Å². The Hall–Kier alpha value is -2.73. The van der Waals surface area contributed by atoms with Gasteiger partial charge in [0.2, 0.25) is 0 Å². The van der Waals surface area contributed by atoms with Gasteiger partial charge in [0.15, 0.2) is 6.61 Å². The molecule has 3 aromatic rings. The number of nitrogens with one attached hydrogen (secondary N) is 1. The van der Waals surface area contributed by atoms with Crippen LogP contribution in [0, 0.1) is 0 Å². The fourth-order valence-electron chi connectivity index (χ4n) is 3.09. The molecule has 0 aliphatic rings. The minimum absolute atomic E-state index is 0.261. The van der Waals surface area contributed by atoms with Gasteiger partial charge in [-0.1, -0.05) is 44.2 Å². The van der Waals surface area contributed by atoms with Gasteiger partial charge in [0.05, 0.1) is 15.2 Å². The summed E-state index contributed by atoms with van der Waals surface area (Å²) in [5.74, 6) is -0.369. The molecule has 0 saturated heterocycles. The van der Waals surface area contributed by atoms with Crippen LogP contribution in [0.25, 0.3) is 10.2 Å². The van der Waals surface area contributed by atoms with Gasteiger partial charge in [-0.05, 0) is 48.9 Å². The molecule has 6 heteroatoms. The summed E-state index contributed by atoms with van der Waals surface area (Å²) in [5.41, 5.74) is 2.85. The monoisotopic (exact) mass is 410 g/mol. The van der Waals surface area contributed by atoms with E-state index < -0.39 is 0 Å². The number of anilines is 1. The zero-order chi connectivity index (χ0) is 20.6. The van der Waals surface area contributed by atoms with Crippen LogP contribution >= 0.6 is 11.3 Å². The normalized spacial score (nSPS) is 11.0. The summed E-state index contributed by atoms with van der Waals surface area (Å²) in [6.45, 7) is 3.88. The summed E-state index contributed by atoms with van der Waals surface area (Å²) in [5, 5.41) is 3.91. The first-order valence-corrected chi connectivity index (χ1v) is 10.7. The molecule has 0 atom stereocenters. The van der Waals surface area contributed by atoms with Gasteiger partial charge in [0.1, 0.15) is 0 Å². The Labute approximate surface area is 175 Å². The first-order valence-electron chi connectivity index (χ1n) is 9.92. The maximum atomic E-state index is 12.1. The van der Waals surface area contributed by atoms with Crippen LogP contribution < -0.4 is 5.32 Å². The maximum Gasteiger partial charge on any atom is 0.306 e. The minimum Gasteiger partial charge on any atom is -0.456 e. The number of para-hydroxylation sites is 2. The van der Waals surface area contributed by atoms with Crippen molar-refractivity contribution in [2.24, 2.45) is 0 Å². The molecule has 0 unspecified atom stereocenters. The lowest BCUT2D eigenvalue weighted by Gasteiger charge is -2.13. The summed E-state index contributed by atoms with van der Waals surface area (Å²) in [4.78, 5) is 28.6. The molecule has 0 bridgehead atoms. The number of hydrogen-bond donors (Lipinski definition) is 1. The fourth-order valence-corrected chi connectivity index (χ4v) is 4.10. The highest BCUT2D eigenvalue weighted by Gasteiger charge is 2.11. The molecular formula is C23H26N2O3S. The quantitative estimate of drug-likeness (QED) is 0.383. The first-order chi connectivity index (χ1) is 14.0. The number of unbranched alkanes of at least 4 members (excludes halogenated alkanes) is 1. The standard InChI is InChI=1S/C23H26N2O3S/c1-16(2)17-9-3-4-10-18(17)24-21(26)15-28-23(27)14-8-7-13-22-25-19-11-5-6-12-20(19)29-22/h3-6,9-12,16H,7-8,13-15H2,1-2H3,(H,24,26). The van der Waals surface area contributed by atoms with Crippen molar-refractivity contribution in [3.63, 3.8) is 0 Å². The lowest BCUT2D eigenvalue weighted by atomic mass is 10.0. The number of fused-ring (bicyclic) bond motifs is 1. The first kappa shape index (κ1) is 21.0. The number of hydrogen-bond acceptors (Lipinski definition) is 5. The average Bonchev–Trinajstić information content (AvgIpc) is 3.13. The third kappa shape index (κ3) is 6.12. The fraction of sp³-hybridized carbons (Fsp3) is 0.348. The number of carbonyl (C=O) groups excluding carboxylic acids is 2. The molecule has 0 aliphatic carbocycles. The van der Waals surface area contributed by atoms with E-state index in [1.165, 1.54) is 4.70 Å². The van der Waals surface area contributed by atoms with Gasteiger partial charge < -0.3 is 10.1 Å². The van der Waals surface area contributed by atoms with Gasteiger partial charge in [-0.2, -0.15) is 0 Å². The van der Waals surface area contributed by atoms with Gasteiger partial charge in [0, 0.05) is 12.1 Å². The molecule has 5 nitrogen and oxygen atoms in total. The number of aromatic nitrogens is 1. The molecule has 1 amide bonds. The van der Waals surface area contributed by atoms with Crippen molar-refractivity contribution < 1.29 is 14.3 Å². The van der Waals surface area contributed by atoms with Crippen molar-refractivity contribution in [1.82, 2.24) is 4.98 Å². The van der Waals surface area contributed by atoms with Crippen molar-refractivity contribution in [1.29, 1.82) is 0 Å². The average molecular weight is 411 g/mol. The van der Waals surface area contributed by atoms with Crippen LogP contribution in [0.3, 0.4) is 0 Å². The number of esters is 1. The van der Waals surface area contributed by atoms with E-state index in [4.69, 9.17) is 4.74 Å². The predicted molar refractivity (Wildman–Crippen MR) is 117 cm³/mol. The van der Waals surface area contributed by atoms with Crippen LogP contribution in [0.1, 0.15) is 49.6 Å². The van der Waals surface area contributed by atoms with Crippen LogP contribution in [0.4, 0.5) is 5.69 Å². The van der Waals surface area contributed by atoms with Crippen LogP contribution in [0.5, 0.6) is 0 Å². The zero-order valence-electron chi connectivity index (χ0n) is 16.8. The van der Waals surface area contributed by atoms with Gasteiger partial charge >= 0.3 is 5.97 Å². The SMILES string of the molecule is CC(C)c1ccccc1NC(=O)COC(=O)CCCCc1nc2ccccc2s1. The zero-order valence-corrected chi connectivity index (χ0v) is 17.6. The molecule has 0 saturated carbocycles. The Morgan fingerprint density at radius 2 is 1.83 bits per heavy atom. The molecule has 1 N–H and O–H groups in total. The summed E-state index contributed by atoms with van der Waals surface area (Å²) in [6.07, 6.45) is 2.73. The second-order valence-electron chi connectivity index (χ2n) is 7.23. The van der Waals surface area contributed by atoms with Crippen LogP contribution in [-0.4, -0.2) is 23.5 Å². The minimum atomic E-state index is -0.346. The van der Waals surface area contributed by atoms with Gasteiger partial charge in [-0.15, -0.1) is 11.3 Å². The largest absolute Gasteiger partial charge is 0.456 e. The van der Waals surface area contributed by atoms with E-state index in [0.717, 1.165) is 34.6 Å². The molecular weight excluding hydrogens is 384 g/mol. The lowest BCUT2D eigenvalue weighted by Crippen LogP contribution is -2.21. The van der Waals surface area contributed by atoms with Crippen molar-refractivity contribution in [3.05, 3.63) is 59.1 Å². The Kier molecular flexibility index (Phi) is 7.36. The highest BCUT2D eigenvalue weighted by molar-refractivity contribution is 7.18. The van der Waals surface area contributed by atoms with Crippen LogP contribution in [-0.2, 0) is 20.7 Å². The molecule has 0 radical (unpaired) electrons. The number of rotatable bonds is 9. The number of thiazole rings is 1. The van der Waals surface area contributed by atoms with E-state index in [0.29, 0.717) is 18.8 Å². The summed E-state index contributed by atoms with van der Waals surface area (Å²) < 4.78 is 6.30. The van der Waals surface area contributed by atoms with Gasteiger partial charge in [-0.3, -0.25) is 9.59 Å². The van der Waals surface area contributed by atoms with E-state index in [9.17, 15) is 9.59 Å². The second kappa shape index (κ2) is 10.2. The molecule has 2 aromatic carbocycles. The smallest absolute Gasteiger partial charge is 0.306 e. The molecule has 0 spiro atoms. The number of ether oxygens (including phenoxy) is 1. The number of aryl methyl sites for hydroxylation is 1. The van der Waals surface area contributed by atoms with Crippen LogP contribution in [0.2, 0.25) is 0 Å². The van der Waals surface area contributed by atoms with E-state index in [1.807, 2.05) is 42.5 Å². The van der Waals surface area contributed by atoms with Crippen molar-refractivity contribution in [3.8, 4) is 0 Å². The number of amides is 1. The Morgan fingerprint density at radius 1 is 1.07 bits per heavy atom. The molecule has 152 valence electrons. The molecule has 3 rings (SSSR count). The number of benzene rings is 2. The number of nitrogens with zero attached hydrogens (tertiary/aromatic N) is 1. The molecule has 29 heavy (non-hydrogen) atoms. The molecule has 1 aromatic heterocycles. The predicted octanol–water partition coefficient (Wildman–Crippen LogP) is 5.31. The van der Waals surface area contributed by atoms with Gasteiger partial charge in [-0.25, -0.2) is 4.98 Å². The van der Waals surface area contributed by atoms with Crippen molar-refractivity contribution in [2.75, 3.05) is 11.9 Å². The summed E-state index contributed by atoms with van der Waals surface area (Å²) in [6, 6.07) is 15.7. The van der Waals surface area contributed by atoms with Crippen molar-refractivity contribution in [2.45, 2.75) is 45.4 Å². The summed E-state index contributed by atoms with van der Waals surface area (Å²) in [7, 11) is 0. The van der Waals surface area contributed by atoms with Crippen LogP contribution in [0.15, 0.2) is 48.5 Å². The highest BCUT2D eigenvalue weighted by Crippen LogP contribution is 2.24. The second-order valence-corrected chi connectivity index (χ2v) is 8.35.